The summed E-state index contributed by atoms with van der Waals surface area (Å²) in [6, 6.07) is 9.11. The first kappa shape index (κ1) is 22.2. The molecule has 1 aromatic carbocycles. The Hall–Kier alpha value is -2.45. The number of amides is 1. The van der Waals surface area contributed by atoms with Crippen molar-refractivity contribution in [2.75, 3.05) is 44.2 Å². The Morgan fingerprint density at radius 2 is 1.70 bits per heavy atom. The average molecular weight is 431 g/mol. The molecule has 0 atom stereocenters. The zero-order chi connectivity index (χ0) is 21.9. The van der Waals surface area contributed by atoms with Gasteiger partial charge in [-0.25, -0.2) is 13.4 Å². The van der Waals surface area contributed by atoms with Crippen LogP contribution in [-0.2, 0) is 10.0 Å². The highest BCUT2D eigenvalue weighted by Gasteiger charge is 2.31. The third-order valence-electron chi connectivity index (χ3n) is 5.57. The Kier molecular flexibility index (Phi) is 6.77. The summed E-state index contributed by atoms with van der Waals surface area (Å²) < 4.78 is 27.6. The van der Waals surface area contributed by atoms with Gasteiger partial charge in [-0.3, -0.25) is 4.79 Å². The highest BCUT2D eigenvalue weighted by molar-refractivity contribution is 7.89. The number of hydrogen-bond acceptors (Lipinski definition) is 5. The average Bonchev–Trinajstić information content (AvgIpc) is 2.76. The van der Waals surface area contributed by atoms with Crippen LogP contribution in [0, 0.1) is 13.8 Å². The topological polar surface area (TPSA) is 73.8 Å². The fraction of sp³-hybridized carbons (Fsp3) is 0.455. The number of sulfonamides is 1. The van der Waals surface area contributed by atoms with Crippen LogP contribution in [0.4, 0.5) is 5.82 Å². The Balaban J connectivity index is 1.68. The molecule has 1 amide bonds. The molecule has 1 aromatic heterocycles. The van der Waals surface area contributed by atoms with Crippen LogP contribution in [0.15, 0.2) is 41.4 Å². The van der Waals surface area contributed by atoms with Gasteiger partial charge in [0.2, 0.25) is 10.0 Å². The molecule has 0 bridgehead atoms. The lowest BCUT2D eigenvalue weighted by Crippen LogP contribution is -2.50. The van der Waals surface area contributed by atoms with Gasteiger partial charge >= 0.3 is 0 Å². The Morgan fingerprint density at radius 1 is 1.03 bits per heavy atom. The van der Waals surface area contributed by atoms with Gasteiger partial charge < -0.3 is 9.80 Å². The summed E-state index contributed by atoms with van der Waals surface area (Å²) in [6.45, 7) is 10.8. The molecule has 1 saturated heterocycles. The molecule has 0 aliphatic carbocycles. The summed E-state index contributed by atoms with van der Waals surface area (Å²) in [5, 5.41) is 0. The summed E-state index contributed by atoms with van der Waals surface area (Å²) in [6.07, 6.45) is 1.61. The molecule has 7 nitrogen and oxygen atoms in total. The molecule has 0 saturated carbocycles. The lowest BCUT2D eigenvalue weighted by atomic mass is 10.2. The van der Waals surface area contributed by atoms with E-state index in [-0.39, 0.29) is 19.0 Å². The maximum absolute atomic E-state index is 13.1. The minimum atomic E-state index is -3.57. The highest BCUT2D eigenvalue weighted by Crippen LogP contribution is 2.23. The van der Waals surface area contributed by atoms with E-state index < -0.39 is 10.0 Å². The second-order valence-corrected chi connectivity index (χ2v) is 9.45. The van der Waals surface area contributed by atoms with Crippen LogP contribution in [-0.4, -0.2) is 67.8 Å². The van der Waals surface area contributed by atoms with E-state index in [2.05, 4.69) is 23.7 Å². The highest BCUT2D eigenvalue weighted by atomic mass is 32.2. The number of piperazine rings is 1. The first-order valence-corrected chi connectivity index (χ1v) is 11.8. The molecule has 1 aliphatic heterocycles. The van der Waals surface area contributed by atoms with Crippen molar-refractivity contribution in [2.24, 2.45) is 0 Å². The molecule has 1 fully saturated rings. The van der Waals surface area contributed by atoms with E-state index in [1.54, 1.807) is 30.2 Å². The van der Waals surface area contributed by atoms with Crippen LogP contribution in [0.5, 0.6) is 0 Å². The zero-order valence-electron chi connectivity index (χ0n) is 18.1. The van der Waals surface area contributed by atoms with Gasteiger partial charge in [-0.1, -0.05) is 12.1 Å². The summed E-state index contributed by atoms with van der Waals surface area (Å²) in [5.74, 6) is 0.735. The number of rotatable bonds is 6. The molecule has 0 N–H and O–H groups in total. The first-order valence-electron chi connectivity index (χ1n) is 10.4. The van der Waals surface area contributed by atoms with E-state index in [1.807, 2.05) is 25.1 Å². The third kappa shape index (κ3) is 4.49. The van der Waals surface area contributed by atoms with Gasteiger partial charge in [0, 0.05) is 45.5 Å². The van der Waals surface area contributed by atoms with Crippen LogP contribution >= 0.6 is 0 Å². The quantitative estimate of drug-likeness (QED) is 0.705. The maximum atomic E-state index is 13.1. The maximum Gasteiger partial charge on any atom is 0.255 e. The van der Waals surface area contributed by atoms with Crippen molar-refractivity contribution in [3.63, 3.8) is 0 Å². The number of nitrogens with zero attached hydrogens (tertiary/aromatic N) is 4. The van der Waals surface area contributed by atoms with Crippen LogP contribution < -0.4 is 4.90 Å². The van der Waals surface area contributed by atoms with Crippen molar-refractivity contribution in [3.05, 3.63) is 53.2 Å². The molecule has 30 heavy (non-hydrogen) atoms. The number of carbonyl (C=O) groups is 1. The van der Waals surface area contributed by atoms with Crippen LogP contribution in [0.2, 0.25) is 0 Å². The minimum absolute atomic E-state index is 0.114. The smallest absolute Gasteiger partial charge is 0.255 e. The number of anilines is 1. The van der Waals surface area contributed by atoms with Crippen molar-refractivity contribution in [1.82, 2.24) is 14.2 Å². The van der Waals surface area contributed by atoms with Crippen LogP contribution in [0.1, 0.15) is 35.3 Å². The molecule has 2 heterocycles. The van der Waals surface area contributed by atoms with E-state index >= 15 is 0 Å². The number of aryl methyl sites for hydroxylation is 2. The normalized spacial score (nSPS) is 15.3. The molecule has 3 rings (SSSR count). The molecule has 0 radical (unpaired) electrons. The van der Waals surface area contributed by atoms with Gasteiger partial charge in [0.15, 0.2) is 0 Å². The summed E-state index contributed by atoms with van der Waals surface area (Å²) in [7, 11) is -3.57. The monoisotopic (exact) mass is 430 g/mol. The molecule has 8 heteroatoms. The van der Waals surface area contributed by atoms with Gasteiger partial charge in [0.25, 0.3) is 5.91 Å². The minimum Gasteiger partial charge on any atom is -0.357 e. The van der Waals surface area contributed by atoms with E-state index in [0.717, 1.165) is 30.0 Å². The second-order valence-electron chi connectivity index (χ2n) is 7.54. The predicted octanol–water partition coefficient (Wildman–Crippen LogP) is 2.69. The van der Waals surface area contributed by atoms with Crippen molar-refractivity contribution in [1.29, 1.82) is 0 Å². The lowest BCUT2D eigenvalue weighted by molar-refractivity contribution is 0.0697. The van der Waals surface area contributed by atoms with Gasteiger partial charge in [0.1, 0.15) is 5.82 Å². The summed E-state index contributed by atoms with van der Waals surface area (Å²) >= 11 is 0. The number of benzene rings is 1. The number of hydrogen-bond donors (Lipinski definition) is 0. The standard InChI is InChI=1S/C22H30N4O3S/c1-5-24(6-2)21-10-9-19(16-23-21)22(27)25-11-13-26(14-12-25)30(28,29)20-15-17(3)7-8-18(20)4/h7-10,15-16H,5-6,11-14H2,1-4H3. The van der Waals surface area contributed by atoms with Crippen LogP contribution in [0.3, 0.4) is 0 Å². The van der Waals surface area contributed by atoms with Gasteiger partial charge in [-0.05, 0) is 57.0 Å². The van der Waals surface area contributed by atoms with Gasteiger partial charge in [-0.2, -0.15) is 4.31 Å². The number of carbonyl (C=O) groups excluding carboxylic acids is 1. The molecule has 162 valence electrons. The van der Waals surface area contributed by atoms with Crippen molar-refractivity contribution in [2.45, 2.75) is 32.6 Å². The van der Waals surface area contributed by atoms with E-state index in [1.165, 1.54) is 4.31 Å². The molecule has 2 aromatic rings. The predicted molar refractivity (Wildman–Crippen MR) is 118 cm³/mol. The molecule has 1 aliphatic rings. The van der Waals surface area contributed by atoms with Gasteiger partial charge in [0.05, 0.1) is 10.5 Å². The zero-order valence-corrected chi connectivity index (χ0v) is 18.9. The van der Waals surface area contributed by atoms with E-state index in [4.69, 9.17) is 0 Å². The van der Waals surface area contributed by atoms with Crippen LogP contribution in [0.25, 0.3) is 0 Å². The number of pyridine rings is 1. The lowest BCUT2D eigenvalue weighted by Gasteiger charge is -2.34. The number of aromatic nitrogens is 1. The van der Waals surface area contributed by atoms with E-state index in [9.17, 15) is 13.2 Å². The SMILES string of the molecule is CCN(CC)c1ccc(C(=O)N2CCN(S(=O)(=O)c3cc(C)ccc3C)CC2)cn1. The first-order chi connectivity index (χ1) is 14.3. The molecule has 0 unspecified atom stereocenters. The van der Waals surface area contributed by atoms with Crippen molar-refractivity contribution >= 4 is 21.7 Å². The summed E-state index contributed by atoms with van der Waals surface area (Å²) in [4.78, 5) is 21.4. The second kappa shape index (κ2) is 9.14. The van der Waals surface area contributed by atoms with E-state index in [0.29, 0.717) is 23.5 Å². The fourth-order valence-corrected chi connectivity index (χ4v) is 5.42. The molecular weight excluding hydrogens is 400 g/mol. The molecule has 0 spiro atoms. The summed E-state index contributed by atoms with van der Waals surface area (Å²) in [5.41, 5.74) is 2.17. The third-order valence-corrected chi connectivity index (χ3v) is 7.61. The Labute approximate surface area is 179 Å². The molecular formula is C22H30N4O3S. The largest absolute Gasteiger partial charge is 0.357 e. The Morgan fingerprint density at radius 3 is 2.27 bits per heavy atom. The van der Waals surface area contributed by atoms with Gasteiger partial charge in [-0.15, -0.1) is 0 Å². The van der Waals surface area contributed by atoms with Crippen molar-refractivity contribution < 1.29 is 13.2 Å². The Bertz CT molecular complexity index is 994. The van der Waals surface area contributed by atoms with Crippen molar-refractivity contribution in [3.8, 4) is 0 Å². The fourth-order valence-electron chi connectivity index (χ4n) is 3.69.